The lowest BCUT2D eigenvalue weighted by Crippen LogP contribution is -2.42. The van der Waals surface area contributed by atoms with Gasteiger partial charge in [-0.05, 0) is 44.4 Å². The van der Waals surface area contributed by atoms with Gasteiger partial charge >= 0.3 is 0 Å². The lowest BCUT2D eigenvalue weighted by molar-refractivity contribution is 0.122. The summed E-state index contributed by atoms with van der Waals surface area (Å²) in [5, 5.41) is 0. The summed E-state index contributed by atoms with van der Waals surface area (Å²) >= 11 is 0. The molecule has 1 N–H and O–H groups in total. The summed E-state index contributed by atoms with van der Waals surface area (Å²) in [5.74, 6) is 2.36. The SMILES string of the molecule is CC(C)NS(=O)(=O)CC1CC2CCCC21. The Bertz CT molecular complexity index is 323. The van der Waals surface area contributed by atoms with Crippen LogP contribution in [-0.4, -0.2) is 20.2 Å². The van der Waals surface area contributed by atoms with Crippen molar-refractivity contribution in [3.63, 3.8) is 0 Å². The number of sulfonamides is 1. The molecule has 0 heterocycles. The van der Waals surface area contributed by atoms with E-state index in [1.807, 2.05) is 13.8 Å². The lowest BCUT2D eigenvalue weighted by Gasteiger charge is -2.40. The van der Waals surface area contributed by atoms with Crippen molar-refractivity contribution in [2.24, 2.45) is 17.8 Å². The Balaban J connectivity index is 1.87. The zero-order valence-corrected chi connectivity index (χ0v) is 10.4. The van der Waals surface area contributed by atoms with Gasteiger partial charge in [0.2, 0.25) is 10.0 Å². The zero-order chi connectivity index (χ0) is 11.1. The van der Waals surface area contributed by atoms with Crippen molar-refractivity contribution in [2.75, 3.05) is 5.75 Å². The van der Waals surface area contributed by atoms with Crippen LogP contribution in [0.25, 0.3) is 0 Å². The van der Waals surface area contributed by atoms with Gasteiger partial charge in [0.25, 0.3) is 0 Å². The molecule has 0 saturated heterocycles. The summed E-state index contributed by atoms with van der Waals surface area (Å²) in [6.07, 6.45) is 5.04. The molecule has 2 aliphatic carbocycles. The summed E-state index contributed by atoms with van der Waals surface area (Å²) in [5.41, 5.74) is 0. The Kier molecular flexibility index (Phi) is 3.08. The van der Waals surface area contributed by atoms with Crippen molar-refractivity contribution in [1.29, 1.82) is 0 Å². The maximum absolute atomic E-state index is 11.7. The van der Waals surface area contributed by atoms with Gasteiger partial charge in [-0.2, -0.15) is 0 Å². The Labute approximate surface area is 92.7 Å². The van der Waals surface area contributed by atoms with Gasteiger partial charge in [-0.1, -0.05) is 12.8 Å². The quantitative estimate of drug-likeness (QED) is 0.801. The summed E-state index contributed by atoms with van der Waals surface area (Å²) < 4.78 is 26.1. The lowest BCUT2D eigenvalue weighted by atomic mass is 9.68. The number of rotatable bonds is 4. The molecule has 2 rings (SSSR count). The molecule has 88 valence electrons. The van der Waals surface area contributed by atoms with Crippen molar-refractivity contribution in [1.82, 2.24) is 4.72 Å². The van der Waals surface area contributed by atoms with Gasteiger partial charge in [0.1, 0.15) is 0 Å². The average molecular weight is 231 g/mol. The second kappa shape index (κ2) is 4.06. The molecular weight excluding hydrogens is 210 g/mol. The molecule has 2 aliphatic rings. The molecule has 0 aliphatic heterocycles. The van der Waals surface area contributed by atoms with Crippen LogP contribution in [-0.2, 0) is 10.0 Å². The van der Waals surface area contributed by atoms with Gasteiger partial charge in [0.15, 0.2) is 0 Å². The second-order valence-corrected chi connectivity index (χ2v) is 7.20. The zero-order valence-electron chi connectivity index (χ0n) is 9.57. The van der Waals surface area contributed by atoms with Crippen molar-refractivity contribution in [3.8, 4) is 0 Å². The number of nitrogens with one attached hydrogen (secondary N) is 1. The molecule has 3 atom stereocenters. The van der Waals surface area contributed by atoms with Gasteiger partial charge in [-0.15, -0.1) is 0 Å². The van der Waals surface area contributed by atoms with Crippen LogP contribution >= 0.6 is 0 Å². The summed E-state index contributed by atoms with van der Waals surface area (Å²) in [4.78, 5) is 0. The van der Waals surface area contributed by atoms with Crippen molar-refractivity contribution in [3.05, 3.63) is 0 Å². The second-order valence-electron chi connectivity index (χ2n) is 5.40. The highest BCUT2D eigenvalue weighted by atomic mass is 32.2. The Hall–Kier alpha value is -0.0900. The Morgan fingerprint density at radius 1 is 1.33 bits per heavy atom. The van der Waals surface area contributed by atoms with Crippen molar-refractivity contribution < 1.29 is 8.42 Å². The van der Waals surface area contributed by atoms with E-state index < -0.39 is 10.0 Å². The molecular formula is C11H21NO2S. The molecule has 3 nitrogen and oxygen atoms in total. The van der Waals surface area contributed by atoms with Gasteiger partial charge in [-0.25, -0.2) is 13.1 Å². The van der Waals surface area contributed by atoms with Crippen LogP contribution < -0.4 is 4.72 Å². The van der Waals surface area contributed by atoms with Crippen LogP contribution in [0.1, 0.15) is 39.5 Å². The van der Waals surface area contributed by atoms with Gasteiger partial charge < -0.3 is 0 Å². The van der Waals surface area contributed by atoms with E-state index in [1.165, 1.54) is 19.3 Å². The van der Waals surface area contributed by atoms with Crippen molar-refractivity contribution >= 4 is 10.0 Å². The van der Waals surface area contributed by atoms with E-state index in [-0.39, 0.29) is 6.04 Å². The molecule has 2 saturated carbocycles. The van der Waals surface area contributed by atoms with Crippen LogP contribution in [0, 0.1) is 17.8 Å². The summed E-state index contributed by atoms with van der Waals surface area (Å²) in [7, 11) is -3.03. The van der Waals surface area contributed by atoms with Crippen LogP contribution in [0.2, 0.25) is 0 Å². The first-order valence-corrected chi connectivity index (χ1v) is 7.63. The minimum absolute atomic E-state index is 0.0226. The predicted molar refractivity (Wildman–Crippen MR) is 61.0 cm³/mol. The molecule has 0 aromatic rings. The minimum atomic E-state index is -3.03. The fourth-order valence-electron chi connectivity index (χ4n) is 3.23. The maximum Gasteiger partial charge on any atom is 0.212 e. The summed E-state index contributed by atoms with van der Waals surface area (Å²) in [6, 6.07) is 0.0226. The van der Waals surface area contributed by atoms with Gasteiger partial charge in [0, 0.05) is 6.04 Å². The highest BCUT2D eigenvalue weighted by Gasteiger charge is 2.45. The molecule has 2 fully saturated rings. The first-order chi connectivity index (χ1) is 6.98. The monoisotopic (exact) mass is 231 g/mol. The van der Waals surface area contributed by atoms with Crippen molar-refractivity contribution in [2.45, 2.75) is 45.6 Å². The normalized spacial score (nSPS) is 35.3. The van der Waals surface area contributed by atoms with Crippen LogP contribution in [0.5, 0.6) is 0 Å². The average Bonchev–Trinajstić information content (AvgIpc) is 2.40. The number of hydrogen-bond acceptors (Lipinski definition) is 2. The smallest absolute Gasteiger partial charge is 0.212 e. The predicted octanol–water partition coefficient (Wildman–Crippen LogP) is 1.75. The standard InChI is InChI=1S/C11H21NO2S/c1-8(2)12-15(13,14)7-10-6-9-4-3-5-11(9)10/h8-12H,3-7H2,1-2H3. The largest absolute Gasteiger partial charge is 0.213 e. The Morgan fingerprint density at radius 3 is 2.67 bits per heavy atom. The van der Waals surface area contributed by atoms with E-state index in [9.17, 15) is 8.42 Å². The molecule has 0 radical (unpaired) electrons. The van der Waals surface area contributed by atoms with E-state index in [0.717, 1.165) is 12.3 Å². The molecule has 0 spiro atoms. The van der Waals surface area contributed by atoms with Gasteiger partial charge in [-0.3, -0.25) is 0 Å². The highest BCUT2D eigenvalue weighted by Crippen LogP contribution is 2.51. The van der Waals surface area contributed by atoms with E-state index in [0.29, 0.717) is 17.6 Å². The molecule has 0 bridgehead atoms. The fourth-order valence-corrected chi connectivity index (χ4v) is 4.99. The number of fused-ring (bicyclic) bond motifs is 1. The molecule has 0 amide bonds. The van der Waals surface area contributed by atoms with Gasteiger partial charge in [0.05, 0.1) is 5.75 Å². The maximum atomic E-state index is 11.7. The molecule has 0 aromatic heterocycles. The van der Waals surface area contributed by atoms with Crippen LogP contribution in [0.4, 0.5) is 0 Å². The molecule has 15 heavy (non-hydrogen) atoms. The third kappa shape index (κ3) is 2.53. The van der Waals surface area contributed by atoms with Crippen LogP contribution in [0.3, 0.4) is 0 Å². The van der Waals surface area contributed by atoms with E-state index in [2.05, 4.69) is 4.72 Å². The summed E-state index contributed by atoms with van der Waals surface area (Å²) in [6.45, 7) is 3.74. The third-order valence-electron chi connectivity index (χ3n) is 3.78. The van der Waals surface area contributed by atoms with E-state index >= 15 is 0 Å². The molecule has 0 aromatic carbocycles. The fraction of sp³-hybridized carbons (Fsp3) is 1.00. The van der Waals surface area contributed by atoms with E-state index in [1.54, 1.807) is 0 Å². The highest BCUT2D eigenvalue weighted by molar-refractivity contribution is 7.89. The molecule has 3 unspecified atom stereocenters. The van der Waals surface area contributed by atoms with E-state index in [4.69, 9.17) is 0 Å². The third-order valence-corrected chi connectivity index (χ3v) is 5.48. The Morgan fingerprint density at radius 2 is 2.07 bits per heavy atom. The minimum Gasteiger partial charge on any atom is -0.213 e. The first kappa shape index (κ1) is 11.4. The van der Waals surface area contributed by atoms with Crippen LogP contribution in [0.15, 0.2) is 0 Å². The molecule has 4 heteroatoms. The number of hydrogen-bond donors (Lipinski definition) is 1. The topological polar surface area (TPSA) is 46.2 Å². The first-order valence-electron chi connectivity index (χ1n) is 5.98.